The molecule has 0 bridgehead atoms. The molecular weight excluding hydrogens is 188 g/mol. The van der Waals surface area contributed by atoms with E-state index in [1.165, 1.54) is 12.8 Å². The van der Waals surface area contributed by atoms with Crippen LogP contribution in [0.5, 0.6) is 0 Å². The summed E-state index contributed by atoms with van der Waals surface area (Å²) in [4.78, 5) is 2.36. The summed E-state index contributed by atoms with van der Waals surface area (Å²) in [5, 5.41) is 0. The zero-order chi connectivity index (χ0) is 10.8. The average Bonchev–Trinajstić information content (AvgIpc) is 2.98. The molecule has 0 saturated heterocycles. The summed E-state index contributed by atoms with van der Waals surface area (Å²) in [6.45, 7) is 3.67. The van der Waals surface area contributed by atoms with Crippen LogP contribution in [0.3, 0.4) is 0 Å². The molecular formula is C12H20N2O. The molecule has 3 nitrogen and oxygen atoms in total. The van der Waals surface area contributed by atoms with Crippen molar-refractivity contribution in [1.82, 2.24) is 4.90 Å². The fourth-order valence-electron chi connectivity index (χ4n) is 1.95. The summed E-state index contributed by atoms with van der Waals surface area (Å²) in [5.74, 6) is 2.79. The first-order valence-corrected chi connectivity index (χ1v) is 5.68. The third-order valence-corrected chi connectivity index (χ3v) is 3.32. The molecule has 1 aromatic heterocycles. The highest BCUT2D eigenvalue weighted by atomic mass is 16.3. The van der Waals surface area contributed by atoms with E-state index in [-0.39, 0.29) is 0 Å². The Morgan fingerprint density at radius 3 is 2.67 bits per heavy atom. The lowest BCUT2D eigenvalue weighted by Gasteiger charge is -2.23. The first-order chi connectivity index (χ1) is 7.20. The van der Waals surface area contributed by atoms with Crippen molar-refractivity contribution in [2.45, 2.75) is 38.9 Å². The van der Waals surface area contributed by atoms with Gasteiger partial charge in [-0.3, -0.25) is 4.90 Å². The number of nitrogens with zero attached hydrogens (tertiary/aromatic N) is 1. The van der Waals surface area contributed by atoms with E-state index in [1.54, 1.807) is 0 Å². The molecule has 0 amide bonds. The van der Waals surface area contributed by atoms with Crippen molar-refractivity contribution in [3.05, 3.63) is 23.7 Å². The van der Waals surface area contributed by atoms with Gasteiger partial charge < -0.3 is 10.2 Å². The molecule has 0 aromatic carbocycles. The first kappa shape index (κ1) is 10.7. The van der Waals surface area contributed by atoms with Crippen molar-refractivity contribution in [2.24, 2.45) is 11.7 Å². The second kappa shape index (κ2) is 4.37. The van der Waals surface area contributed by atoms with E-state index in [1.807, 2.05) is 12.1 Å². The first-order valence-electron chi connectivity index (χ1n) is 5.68. The summed E-state index contributed by atoms with van der Waals surface area (Å²) in [6, 6.07) is 4.65. The van der Waals surface area contributed by atoms with Gasteiger partial charge in [0.15, 0.2) is 0 Å². The third-order valence-electron chi connectivity index (χ3n) is 3.32. The second-order valence-corrected chi connectivity index (χ2v) is 4.57. The molecule has 3 heteroatoms. The average molecular weight is 208 g/mol. The Hall–Kier alpha value is -0.800. The molecule has 84 valence electrons. The molecule has 2 rings (SSSR count). The van der Waals surface area contributed by atoms with Crippen LogP contribution < -0.4 is 5.73 Å². The van der Waals surface area contributed by atoms with E-state index in [0.717, 1.165) is 24.0 Å². The molecule has 2 N–H and O–H groups in total. The van der Waals surface area contributed by atoms with Crippen molar-refractivity contribution in [3.8, 4) is 0 Å². The van der Waals surface area contributed by atoms with Crippen LogP contribution >= 0.6 is 0 Å². The lowest BCUT2D eigenvalue weighted by molar-refractivity contribution is 0.208. The molecule has 0 spiro atoms. The largest absolute Gasteiger partial charge is 0.463 e. The minimum Gasteiger partial charge on any atom is -0.463 e. The van der Waals surface area contributed by atoms with Crippen molar-refractivity contribution in [3.63, 3.8) is 0 Å². The summed E-state index contributed by atoms with van der Waals surface area (Å²) in [6.07, 6.45) is 2.77. The van der Waals surface area contributed by atoms with Crippen LogP contribution in [0.1, 0.15) is 31.3 Å². The third kappa shape index (κ3) is 2.61. The maximum Gasteiger partial charge on any atom is 0.118 e. The van der Waals surface area contributed by atoms with Gasteiger partial charge in [0, 0.05) is 6.04 Å². The molecule has 1 aromatic rings. The number of hydrogen-bond acceptors (Lipinski definition) is 3. The zero-order valence-electron chi connectivity index (χ0n) is 9.57. The fourth-order valence-corrected chi connectivity index (χ4v) is 1.95. The highest BCUT2D eigenvalue weighted by Gasteiger charge is 2.30. The molecule has 1 atom stereocenters. The minimum absolute atomic E-state index is 0.488. The van der Waals surface area contributed by atoms with Gasteiger partial charge in [0.05, 0.1) is 13.1 Å². The molecule has 1 unspecified atom stereocenters. The lowest BCUT2D eigenvalue weighted by atomic mass is 10.2. The number of nitrogens with two attached hydrogens (primary N) is 1. The normalized spacial score (nSPS) is 18.4. The van der Waals surface area contributed by atoms with Gasteiger partial charge in [-0.15, -0.1) is 0 Å². The van der Waals surface area contributed by atoms with E-state index in [9.17, 15) is 0 Å². The van der Waals surface area contributed by atoms with Crippen molar-refractivity contribution in [1.29, 1.82) is 0 Å². The highest BCUT2D eigenvalue weighted by molar-refractivity contribution is 5.07. The Bertz CT molecular complexity index is 317. The Kier molecular flexibility index (Phi) is 3.12. The van der Waals surface area contributed by atoms with Gasteiger partial charge in [-0.1, -0.05) is 0 Å². The van der Waals surface area contributed by atoms with Crippen molar-refractivity contribution < 1.29 is 4.42 Å². The van der Waals surface area contributed by atoms with Gasteiger partial charge in [0.2, 0.25) is 0 Å². The van der Waals surface area contributed by atoms with E-state index < -0.39 is 0 Å². The standard InChI is InChI=1S/C12H20N2O/c1-9(10-3-4-10)14(2)8-12-6-5-11(7-13)15-12/h5-6,9-10H,3-4,7-8,13H2,1-2H3. The molecule has 1 saturated carbocycles. The van der Waals surface area contributed by atoms with Crippen LogP contribution in [0.4, 0.5) is 0 Å². The van der Waals surface area contributed by atoms with Crippen LogP contribution in [0.25, 0.3) is 0 Å². The Balaban J connectivity index is 1.89. The SMILES string of the molecule is CC(C1CC1)N(C)Cc1ccc(CN)o1. The molecule has 0 radical (unpaired) electrons. The fraction of sp³-hybridized carbons (Fsp3) is 0.667. The maximum absolute atomic E-state index is 5.59. The van der Waals surface area contributed by atoms with E-state index >= 15 is 0 Å². The topological polar surface area (TPSA) is 42.4 Å². The van der Waals surface area contributed by atoms with Gasteiger partial charge in [-0.05, 0) is 44.9 Å². The Labute approximate surface area is 91.2 Å². The van der Waals surface area contributed by atoms with Gasteiger partial charge in [-0.25, -0.2) is 0 Å². The van der Waals surface area contributed by atoms with Crippen LogP contribution in [-0.2, 0) is 13.1 Å². The molecule has 15 heavy (non-hydrogen) atoms. The van der Waals surface area contributed by atoms with E-state index in [2.05, 4.69) is 18.9 Å². The van der Waals surface area contributed by atoms with Crippen LogP contribution in [0.15, 0.2) is 16.5 Å². The summed E-state index contributed by atoms with van der Waals surface area (Å²) in [7, 11) is 2.16. The van der Waals surface area contributed by atoms with Crippen molar-refractivity contribution in [2.75, 3.05) is 7.05 Å². The van der Waals surface area contributed by atoms with Gasteiger partial charge in [0.25, 0.3) is 0 Å². The van der Waals surface area contributed by atoms with Gasteiger partial charge in [0.1, 0.15) is 11.5 Å². The molecule has 1 aliphatic rings. The second-order valence-electron chi connectivity index (χ2n) is 4.57. The summed E-state index contributed by atoms with van der Waals surface area (Å²) >= 11 is 0. The smallest absolute Gasteiger partial charge is 0.118 e. The van der Waals surface area contributed by atoms with Crippen molar-refractivity contribution >= 4 is 0 Å². The minimum atomic E-state index is 0.488. The van der Waals surface area contributed by atoms with E-state index in [4.69, 9.17) is 10.2 Å². The van der Waals surface area contributed by atoms with Crippen LogP contribution in [0.2, 0.25) is 0 Å². The molecule has 0 aliphatic heterocycles. The highest BCUT2D eigenvalue weighted by Crippen LogP contribution is 2.35. The van der Waals surface area contributed by atoms with E-state index in [0.29, 0.717) is 12.6 Å². The monoisotopic (exact) mass is 208 g/mol. The maximum atomic E-state index is 5.59. The van der Waals surface area contributed by atoms with Gasteiger partial charge >= 0.3 is 0 Å². The predicted octanol–water partition coefficient (Wildman–Crippen LogP) is 1.97. The quantitative estimate of drug-likeness (QED) is 0.804. The molecule has 1 heterocycles. The summed E-state index contributed by atoms with van der Waals surface area (Å²) in [5.41, 5.74) is 5.50. The number of rotatable bonds is 5. The number of furan rings is 1. The predicted molar refractivity (Wildman–Crippen MR) is 60.3 cm³/mol. The summed E-state index contributed by atoms with van der Waals surface area (Å²) < 4.78 is 5.59. The Morgan fingerprint density at radius 1 is 1.47 bits per heavy atom. The zero-order valence-corrected chi connectivity index (χ0v) is 9.57. The Morgan fingerprint density at radius 2 is 2.13 bits per heavy atom. The van der Waals surface area contributed by atoms with Gasteiger partial charge in [-0.2, -0.15) is 0 Å². The molecule has 1 fully saturated rings. The van der Waals surface area contributed by atoms with Crippen LogP contribution in [-0.4, -0.2) is 18.0 Å². The molecule has 1 aliphatic carbocycles. The number of hydrogen-bond donors (Lipinski definition) is 1. The lowest BCUT2D eigenvalue weighted by Crippen LogP contribution is -2.29. The van der Waals surface area contributed by atoms with Crippen LogP contribution in [0, 0.1) is 5.92 Å².